The molecule has 0 bridgehead atoms. The number of pyridine rings is 1. The molecule has 3 rings (SSSR count). The van der Waals surface area contributed by atoms with Crippen LogP contribution in [0.25, 0.3) is 0 Å². The van der Waals surface area contributed by atoms with E-state index in [1.54, 1.807) is 12.3 Å². The zero-order valence-electron chi connectivity index (χ0n) is 13.5. The number of rotatable bonds is 5. The fraction of sp³-hybridized carbons (Fsp3) is 0.438. The van der Waals surface area contributed by atoms with Crippen molar-refractivity contribution >= 4 is 5.82 Å². The molecular weight excluding hydrogens is 313 g/mol. The Kier molecular flexibility index (Phi) is 5.05. The van der Waals surface area contributed by atoms with Crippen molar-refractivity contribution < 1.29 is 9.13 Å². The second kappa shape index (κ2) is 7.39. The van der Waals surface area contributed by atoms with Crippen molar-refractivity contribution in [2.45, 2.75) is 25.4 Å². The molecule has 1 aliphatic rings. The van der Waals surface area contributed by atoms with E-state index in [4.69, 9.17) is 4.74 Å². The number of H-pyrrole nitrogens is 1. The van der Waals surface area contributed by atoms with E-state index >= 15 is 0 Å². The average molecular weight is 333 g/mol. The van der Waals surface area contributed by atoms with Crippen LogP contribution in [0.3, 0.4) is 0 Å². The van der Waals surface area contributed by atoms with E-state index in [-0.39, 0.29) is 17.5 Å². The Morgan fingerprint density at radius 3 is 3.12 bits per heavy atom. The molecule has 7 nitrogen and oxygen atoms in total. The number of halogens is 1. The second-order valence-corrected chi connectivity index (χ2v) is 5.70. The summed E-state index contributed by atoms with van der Waals surface area (Å²) < 4.78 is 19.0. The van der Waals surface area contributed by atoms with Gasteiger partial charge in [-0.05, 0) is 18.9 Å². The molecule has 2 aromatic rings. The molecule has 3 heterocycles. The van der Waals surface area contributed by atoms with Gasteiger partial charge in [-0.25, -0.2) is 14.4 Å². The third-order valence-electron chi connectivity index (χ3n) is 4.12. The first kappa shape index (κ1) is 16.4. The quantitative estimate of drug-likeness (QED) is 0.852. The highest BCUT2D eigenvalue weighted by Gasteiger charge is 2.22. The predicted octanol–water partition coefficient (Wildman–Crippen LogP) is 1.07. The van der Waals surface area contributed by atoms with Gasteiger partial charge < -0.3 is 19.9 Å². The zero-order valence-corrected chi connectivity index (χ0v) is 13.5. The molecule has 0 saturated carbocycles. The van der Waals surface area contributed by atoms with Crippen molar-refractivity contribution in [1.29, 1.82) is 0 Å². The van der Waals surface area contributed by atoms with E-state index in [0.29, 0.717) is 24.5 Å². The summed E-state index contributed by atoms with van der Waals surface area (Å²) in [6.45, 7) is 1.82. The lowest BCUT2D eigenvalue weighted by Gasteiger charge is -2.33. The van der Waals surface area contributed by atoms with Gasteiger partial charge in [-0.15, -0.1) is 0 Å². The molecule has 1 unspecified atom stereocenters. The number of anilines is 1. The number of piperidine rings is 1. The van der Waals surface area contributed by atoms with E-state index in [2.05, 4.69) is 20.3 Å². The van der Waals surface area contributed by atoms with E-state index in [1.165, 1.54) is 19.5 Å². The molecule has 2 N–H and O–H groups in total. The SMILES string of the molecule is COc1nccc(CNC2CCCN(c3ncc[nH]c3=O)C2)c1F. The number of aromatic amines is 1. The topological polar surface area (TPSA) is 83.1 Å². The van der Waals surface area contributed by atoms with Crippen molar-refractivity contribution in [2.75, 3.05) is 25.1 Å². The number of hydrogen-bond acceptors (Lipinski definition) is 6. The van der Waals surface area contributed by atoms with Crippen molar-refractivity contribution in [1.82, 2.24) is 20.3 Å². The molecule has 2 aromatic heterocycles. The summed E-state index contributed by atoms with van der Waals surface area (Å²) in [6, 6.07) is 1.79. The third-order valence-corrected chi connectivity index (χ3v) is 4.12. The van der Waals surface area contributed by atoms with Crippen LogP contribution in [0.1, 0.15) is 18.4 Å². The van der Waals surface area contributed by atoms with Gasteiger partial charge in [-0.2, -0.15) is 0 Å². The number of nitrogens with one attached hydrogen (secondary N) is 2. The standard InChI is InChI=1S/C16H20FN5O2/c1-24-16-13(17)11(4-5-20-16)9-21-12-3-2-8-22(10-12)14-15(23)19-7-6-18-14/h4-7,12,21H,2-3,8-10H2,1H3,(H,19,23). The van der Waals surface area contributed by atoms with Crippen molar-refractivity contribution in [3.8, 4) is 5.88 Å². The first-order chi connectivity index (χ1) is 11.7. The van der Waals surface area contributed by atoms with Gasteiger partial charge in [0.2, 0.25) is 5.88 Å². The molecular formula is C16H20FN5O2. The molecule has 0 spiro atoms. The predicted molar refractivity (Wildman–Crippen MR) is 87.7 cm³/mol. The minimum absolute atomic E-state index is 0.000380. The smallest absolute Gasteiger partial charge is 0.290 e. The zero-order chi connectivity index (χ0) is 16.9. The lowest BCUT2D eigenvalue weighted by atomic mass is 10.1. The van der Waals surface area contributed by atoms with E-state index in [1.807, 2.05) is 4.90 Å². The molecule has 24 heavy (non-hydrogen) atoms. The largest absolute Gasteiger partial charge is 0.479 e. The van der Waals surface area contributed by atoms with Crippen molar-refractivity contribution in [2.24, 2.45) is 0 Å². The fourth-order valence-corrected chi connectivity index (χ4v) is 2.90. The summed E-state index contributed by atoms with van der Waals surface area (Å²) in [5.74, 6) is -0.0123. The lowest BCUT2D eigenvalue weighted by molar-refractivity contribution is 0.363. The van der Waals surface area contributed by atoms with Gasteiger partial charge in [-0.1, -0.05) is 0 Å². The maximum absolute atomic E-state index is 14.1. The van der Waals surface area contributed by atoms with Crippen LogP contribution in [0, 0.1) is 5.82 Å². The van der Waals surface area contributed by atoms with Crippen molar-refractivity contribution in [3.05, 3.63) is 46.4 Å². The Labute approximate surface area is 138 Å². The first-order valence-corrected chi connectivity index (χ1v) is 7.88. The molecule has 0 amide bonds. The number of ether oxygens (including phenoxy) is 1. The van der Waals surface area contributed by atoms with Crippen LogP contribution in [0.15, 0.2) is 29.5 Å². The van der Waals surface area contributed by atoms with Gasteiger partial charge in [0.1, 0.15) is 0 Å². The normalized spacial score (nSPS) is 17.8. The van der Waals surface area contributed by atoms with Gasteiger partial charge in [0.15, 0.2) is 11.6 Å². The summed E-state index contributed by atoms with van der Waals surface area (Å²) in [5.41, 5.74) is 0.317. The van der Waals surface area contributed by atoms with Gasteiger partial charge in [-0.3, -0.25) is 4.79 Å². The molecule has 128 valence electrons. The van der Waals surface area contributed by atoms with Gasteiger partial charge in [0.25, 0.3) is 5.56 Å². The van der Waals surface area contributed by atoms with Gasteiger partial charge in [0, 0.05) is 49.8 Å². The maximum atomic E-state index is 14.1. The summed E-state index contributed by atoms with van der Waals surface area (Å²) in [5, 5.41) is 3.34. The average Bonchev–Trinajstić information content (AvgIpc) is 2.61. The monoisotopic (exact) mass is 333 g/mol. The number of aromatic nitrogens is 3. The Balaban J connectivity index is 1.64. The Hall–Kier alpha value is -2.48. The van der Waals surface area contributed by atoms with Gasteiger partial charge in [0.05, 0.1) is 7.11 Å². The molecule has 1 aliphatic heterocycles. The molecule has 8 heteroatoms. The minimum Gasteiger partial charge on any atom is -0.479 e. The lowest BCUT2D eigenvalue weighted by Crippen LogP contribution is -2.47. The summed E-state index contributed by atoms with van der Waals surface area (Å²) in [4.78, 5) is 24.5. The number of methoxy groups -OCH3 is 1. The van der Waals surface area contributed by atoms with Crippen LogP contribution in [0.2, 0.25) is 0 Å². The van der Waals surface area contributed by atoms with Crippen molar-refractivity contribution in [3.63, 3.8) is 0 Å². The van der Waals surface area contributed by atoms with Crippen LogP contribution in [-0.2, 0) is 6.54 Å². The highest BCUT2D eigenvalue weighted by atomic mass is 19.1. The molecule has 1 atom stereocenters. The fourth-order valence-electron chi connectivity index (χ4n) is 2.90. The van der Waals surface area contributed by atoms with Crippen LogP contribution in [0.5, 0.6) is 5.88 Å². The number of hydrogen-bond donors (Lipinski definition) is 2. The van der Waals surface area contributed by atoms with Crippen LogP contribution in [0.4, 0.5) is 10.2 Å². The number of nitrogens with zero attached hydrogens (tertiary/aromatic N) is 3. The highest BCUT2D eigenvalue weighted by Crippen LogP contribution is 2.18. The Morgan fingerprint density at radius 2 is 2.33 bits per heavy atom. The van der Waals surface area contributed by atoms with E-state index in [9.17, 15) is 9.18 Å². The Bertz CT molecular complexity index is 751. The molecule has 1 saturated heterocycles. The summed E-state index contributed by atoms with van der Waals surface area (Å²) in [6.07, 6.45) is 6.53. The summed E-state index contributed by atoms with van der Waals surface area (Å²) in [7, 11) is 1.39. The Morgan fingerprint density at radius 1 is 1.46 bits per heavy atom. The molecule has 0 aromatic carbocycles. The highest BCUT2D eigenvalue weighted by molar-refractivity contribution is 5.36. The van der Waals surface area contributed by atoms with Crippen LogP contribution in [-0.4, -0.2) is 41.2 Å². The minimum atomic E-state index is -0.443. The third kappa shape index (κ3) is 3.53. The van der Waals surface area contributed by atoms with E-state index < -0.39 is 5.82 Å². The van der Waals surface area contributed by atoms with Gasteiger partial charge >= 0.3 is 0 Å². The first-order valence-electron chi connectivity index (χ1n) is 7.88. The molecule has 1 fully saturated rings. The molecule has 0 radical (unpaired) electrons. The second-order valence-electron chi connectivity index (χ2n) is 5.70. The maximum Gasteiger partial charge on any atom is 0.290 e. The van der Waals surface area contributed by atoms with Crippen LogP contribution >= 0.6 is 0 Å². The van der Waals surface area contributed by atoms with Crippen LogP contribution < -0.4 is 20.5 Å². The summed E-state index contributed by atoms with van der Waals surface area (Å²) >= 11 is 0. The molecule has 0 aliphatic carbocycles. The van der Waals surface area contributed by atoms with E-state index in [0.717, 1.165) is 19.4 Å².